The molecule has 0 aliphatic heterocycles. The van der Waals surface area contributed by atoms with Crippen molar-refractivity contribution in [3.63, 3.8) is 0 Å². The monoisotopic (exact) mass is 465 g/mol. The van der Waals surface area contributed by atoms with Gasteiger partial charge in [-0.3, -0.25) is 14.2 Å². The molecule has 1 N–H and O–H groups in total. The minimum Gasteiger partial charge on any atom is -0.353 e. The molecule has 0 radical (unpaired) electrons. The van der Waals surface area contributed by atoms with E-state index in [0.717, 1.165) is 31.2 Å². The first-order valence-corrected chi connectivity index (χ1v) is 11.5. The van der Waals surface area contributed by atoms with E-state index in [1.54, 1.807) is 36.4 Å². The molecular formula is C24H24ClN5O3. The lowest BCUT2D eigenvalue weighted by atomic mass is 10.2. The van der Waals surface area contributed by atoms with Gasteiger partial charge < -0.3 is 5.32 Å². The van der Waals surface area contributed by atoms with Crippen molar-refractivity contribution in [3.05, 3.63) is 80.0 Å². The van der Waals surface area contributed by atoms with Crippen LogP contribution in [0.4, 0.5) is 0 Å². The Bertz CT molecular complexity index is 1450. The number of nitrogens with zero attached hydrogens (tertiary/aromatic N) is 4. The van der Waals surface area contributed by atoms with Gasteiger partial charge in [-0.25, -0.2) is 13.9 Å². The van der Waals surface area contributed by atoms with E-state index in [1.165, 1.54) is 13.6 Å². The molecule has 0 unspecified atom stereocenters. The Morgan fingerprint density at radius 3 is 2.55 bits per heavy atom. The lowest BCUT2D eigenvalue weighted by Crippen LogP contribution is -2.34. The number of para-hydroxylation sites is 1. The predicted octanol–water partition coefficient (Wildman–Crippen LogP) is 2.96. The quantitative estimate of drug-likeness (QED) is 0.474. The van der Waals surface area contributed by atoms with E-state index in [9.17, 15) is 14.4 Å². The largest absolute Gasteiger partial charge is 0.353 e. The topological polar surface area (TPSA) is 90.4 Å². The van der Waals surface area contributed by atoms with Crippen LogP contribution in [0.3, 0.4) is 0 Å². The average molecular weight is 466 g/mol. The highest BCUT2D eigenvalue weighted by molar-refractivity contribution is 6.30. The molecular weight excluding hydrogens is 442 g/mol. The molecule has 5 rings (SSSR count). The van der Waals surface area contributed by atoms with Crippen LogP contribution >= 0.6 is 11.6 Å². The summed E-state index contributed by atoms with van der Waals surface area (Å²) in [5, 5.41) is 8.56. The summed E-state index contributed by atoms with van der Waals surface area (Å²) in [6, 6.07) is 14.4. The molecule has 0 saturated heterocycles. The van der Waals surface area contributed by atoms with Crippen LogP contribution in [0, 0.1) is 0 Å². The first kappa shape index (κ1) is 21.5. The number of hydrogen-bond donors (Lipinski definition) is 1. The van der Waals surface area contributed by atoms with Crippen LogP contribution in [0.2, 0.25) is 5.02 Å². The Labute approximate surface area is 194 Å². The second-order valence-electron chi connectivity index (χ2n) is 8.47. The minimum absolute atomic E-state index is 0.0944. The van der Waals surface area contributed by atoms with Crippen molar-refractivity contribution in [2.45, 2.75) is 51.2 Å². The number of aryl methyl sites for hydroxylation is 1. The molecule has 9 heteroatoms. The number of hydrogen-bond acceptors (Lipinski definition) is 4. The highest BCUT2D eigenvalue weighted by atomic mass is 35.5. The van der Waals surface area contributed by atoms with Crippen LogP contribution < -0.4 is 16.6 Å². The third kappa shape index (κ3) is 4.18. The van der Waals surface area contributed by atoms with Gasteiger partial charge in [0.15, 0.2) is 0 Å². The number of fused-ring (bicyclic) bond motifs is 3. The molecule has 1 saturated carbocycles. The summed E-state index contributed by atoms with van der Waals surface area (Å²) in [4.78, 5) is 39.0. The van der Waals surface area contributed by atoms with Crippen molar-refractivity contribution in [2.75, 3.05) is 0 Å². The van der Waals surface area contributed by atoms with Gasteiger partial charge >= 0.3 is 5.69 Å². The van der Waals surface area contributed by atoms with Crippen molar-refractivity contribution in [3.8, 4) is 0 Å². The Kier molecular flexibility index (Phi) is 5.76. The Morgan fingerprint density at radius 1 is 1.06 bits per heavy atom. The van der Waals surface area contributed by atoms with Gasteiger partial charge in [0.05, 0.1) is 17.4 Å². The summed E-state index contributed by atoms with van der Waals surface area (Å²) < 4.78 is 4.21. The van der Waals surface area contributed by atoms with Gasteiger partial charge in [-0.2, -0.15) is 0 Å². The molecule has 2 heterocycles. The number of aromatic nitrogens is 4. The van der Waals surface area contributed by atoms with Gasteiger partial charge in [0, 0.05) is 24.0 Å². The molecule has 0 spiro atoms. The fourth-order valence-corrected chi connectivity index (χ4v) is 4.64. The van der Waals surface area contributed by atoms with E-state index in [1.807, 2.05) is 12.1 Å². The molecule has 8 nitrogen and oxygen atoms in total. The average Bonchev–Trinajstić information content (AvgIpc) is 3.43. The molecule has 2 aromatic heterocycles. The van der Waals surface area contributed by atoms with Crippen LogP contribution in [0.15, 0.2) is 58.1 Å². The van der Waals surface area contributed by atoms with Crippen LogP contribution in [-0.2, 0) is 17.9 Å². The Morgan fingerprint density at radius 2 is 1.79 bits per heavy atom. The summed E-state index contributed by atoms with van der Waals surface area (Å²) in [5.41, 5.74) is 0.742. The highest BCUT2D eigenvalue weighted by Gasteiger charge is 2.20. The van der Waals surface area contributed by atoms with E-state index in [4.69, 9.17) is 11.6 Å². The zero-order chi connectivity index (χ0) is 22.9. The number of rotatable bonds is 6. The van der Waals surface area contributed by atoms with E-state index in [2.05, 4.69) is 10.4 Å². The van der Waals surface area contributed by atoms with Crippen LogP contribution in [0.5, 0.6) is 0 Å². The van der Waals surface area contributed by atoms with E-state index < -0.39 is 0 Å². The Hall–Kier alpha value is -3.39. The summed E-state index contributed by atoms with van der Waals surface area (Å²) in [6.07, 6.45) is 4.39. The lowest BCUT2D eigenvalue weighted by molar-refractivity contribution is -0.121. The molecule has 0 bridgehead atoms. The van der Waals surface area contributed by atoms with Gasteiger partial charge in [0.25, 0.3) is 5.56 Å². The maximum atomic E-state index is 13.3. The molecule has 2 aromatic carbocycles. The minimum atomic E-state index is -0.347. The third-order valence-electron chi connectivity index (χ3n) is 6.21. The molecule has 4 aromatic rings. The normalized spacial score (nSPS) is 14.3. The van der Waals surface area contributed by atoms with Crippen molar-refractivity contribution in [1.82, 2.24) is 24.1 Å². The van der Waals surface area contributed by atoms with E-state index in [0.29, 0.717) is 15.9 Å². The zero-order valence-electron chi connectivity index (χ0n) is 18.0. The SMILES string of the molecule is O=C(CCn1c(=O)c2ccccc2n2c(=O)n(Cc3ccc(Cl)cc3)nc12)NC1CCCC1. The molecule has 1 fully saturated rings. The van der Waals surface area contributed by atoms with Crippen LogP contribution in [0.25, 0.3) is 16.7 Å². The zero-order valence-corrected chi connectivity index (χ0v) is 18.8. The van der Waals surface area contributed by atoms with Gasteiger partial charge in [-0.1, -0.05) is 48.7 Å². The summed E-state index contributed by atoms with van der Waals surface area (Å²) >= 11 is 5.97. The fourth-order valence-electron chi connectivity index (χ4n) is 4.52. The Balaban J connectivity index is 1.54. The molecule has 33 heavy (non-hydrogen) atoms. The first-order chi connectivity index (χ1) is 16.0. The van der Waals surface area contributed by atoms with Crippen LogP contribution in [-0.4, -0.2) is 30.7 Å². The van der Waals surface area contributed by atoms with E-state index in [-0.39, 0.29) is 48.5 Å². The van der Waals surface area contributed by atoms with Crippen molar-refractivity contribution >= 4 is 34.2 Å². The summed E-state index contributed by atoms with van der Waals surface area (Å²) in [6.45, 7) is 0.380. The van der Waals surface area contributed by atoms with Gasteiger partial charge in [-0.15, -0.1) is 5.10 Å². The number of amides is 1. The van der Waals surface area contributed by atoms with E-state index >= 15 is 0 Å². The molecule has 1 aliphatic rings. The molecule has 1 aliphatic carbocycles. The number of halogens is 1. The number of carbonyl (C=O) groups is 1. The molecule has 0 atom stereocenters. The lowest BCUT2D eigenvalue weighted by Gasteiger charge is -2.13. The second-order valence-corrected chi connectivity index (χ2v) is 8.91. The van der Waals surface area contributed by atoms with Crippen molar-refractivity contribution in [2.24, 2.45) is 0 Å². The van der Waals surface area contributed by atoms with Crippen molar-refractivity contribution in [1.29, 1.82) is 0 Å². The molecule has 170 valence electrons. The summed E-state index contributed by atoms with van der Waals surface area (Å²) in [7, 11) is 0. The van der Waals surface area contributed by atoms with Crippen molar-refractivity contribution < 1.29 is 4.79 Å². The standard InChI is InChI=1S/C24H24ClN5O3/c25-17-11-9-16(10-12-17)15-29-24(33)30-20-8-4-3-7-19(20)22(32)28(23(30)27-29)14-13-21(31)26-18-5-1-2-6-18/h3-4,7-12,18H,1-2,5-6,13-15H2,(H,26,31). The maximum Gasteiger partial charge on any atom is 0.352 e. The number of nitrogens with one attached hydrogen (secondary N) is 1. The van der Waals surface area contributed by atoms with Crippen LogP contribution in [0.1, 0.15) is 37.7 Å². The molecule has 1 amide bonds. The number of benzene rings is 2. The summed E-state index contributed by atoms with van der Waals surface area (Å²) in [5.74, 6) is 0.134. The van der Waals surface area contributed by atoms with Gasteiger partial charge in [0.2, 0.25) is 11.7 Å². The highest BCUT2D eigenvalue weighted by Crippen LogP contribution is 2.18. The third-order valence-corrected chi connectivity index (χ3v) is 6.46. The fraction of sp³-hybridized carbons (Fsp3) is 0.333. The maximum absolute atomic E-state index is 13.3. The van der Waals surface area contributed by atoms with Gasteiger partial charge in [-0.05, 0) is 42.7 Å². The number of carbonyl (C=O) groups excluding carboxylic acids is 1. The smallest absolute Gasteiger partial charge is 0.352 e. The second kappa shape index (κ2) is 8.86. The van der Waals surface area contributed by atoms with Gasteiger partial charge in [0.1, 0.15) is 0 Å². The first-order valence-electron chi connectivity index (χ1n) is 11.2. The predicted molar refractivity (Wildman–Crippen MR) is 127 cm³/mol.